The minimum Gasteiger partial charge on any atom is -0.399 e. The maximum absolute atomic E-state index is 12.1. The minimum absolute atomic E-state index is 0.0404. The van der Waals surface area contributed by atoms with E-state index in [1.165, 1.54) is 0 Å². The summed E-state index contributed by atoms with van der Waals surface area (Å²) in [6.45, 7) is 2.93. The maximum atomic E-state index is 12.1. The van der Waals surface area contributed by atoms with E-state index in [9.17, 15) is 9.90 Å². The number of carbonyl (C=O) groups is 1. The highest BCUT2D eigenvalue weighted by Gasteiger charge is 2.26. The monoisotopic (exact) mass is 220 g/mol. The van der Waals surface area contributed by atoms with Crippen molar-refractivity contribution in [2.24, 2.45) is 0 Å². The molecule has 1 atom stereocenters. The lowest BCUT2D eigenvalue weighted by atomic mass is 10.1. The van der Waals surface area contributed by atoms with E-state index in [4.69, 9.17) is 5.73 Å². The van der Waals surface area contributed by atoms with E-state index < -0.39 is 0 Å². The highest BCUT2D eigenvalue weighted by atomic mass is 16.3. The quantitative estimate of drug-likeness (QED) is 0.687. The van der Waals surface area contributed by atoms with Gasteiger partial charge < -0.3 is 15.7 Å². The molecular formula is C12H16N2O2. The fourth-order valence-corrected chi connectivity index (χ4v) is 1.97. The number of rotatable bonds is 1. The Morgan fingerprint density at radius 1 is 1.56 bits per heavy atom. The van der Waals surface area contributed by atoms with Gasteiger partial charge in [0.2, 0.25) is 0 Å². The molecule has 1 fully saturated rings. The average molecular weight is 220 g/mol. The van der Waals surface area contributed by atoms with Crippen molar-refractivity contribution in [1.82, 2.24) is 4.90 Å². The lowest BCUT2D eigenvalue weighted by molar-refractivity contribution is 0.0764. The Morgan fingerprint density at radius 3 is 2.94 bits per heavy atom. The fourth-order valence-electron chi connectivity index (χ4n) is 1.97. The van der Waals surface area contributed by atoms with Crippen LogP contribution in [0.25, 0.3) is 0 Å². The van der Waals surface area contributed by atoms with Crippen LogP contribution in [0.15, 0.2) is 18.2 Å². The third-order valence-corrected chi connectivity index (χ3v) is 2.94. The van der Waals surface area contributed by atoms with Gasteiger partial charge in [0.15, 0.2) is 0 Å². The highest BCUT2D eigenvalue weighted by molar-refractivity contribution is 5.96. The number of aliphatic hydroxyl groups excluding tert-OH is 1. The lowest BCUT2D eigenvalue weighted by Crippen LogP contribution is -2.30. The van der Waals surface area contributed by atoms with Crippen LogP contribution in [0.4, 0.5) is 5.69 Å². The number of hydrogen-bond donors (Lipinski definition) is 2. The first-order valence-corrected chi connectivity index (χ1v) is 5.41. The molecule has 1 heterocycles. The second-order valence-corrected chi connectivity index (χ2v) is 4.27. The molecule has 86 valence electrons. The van der Waals surface area contributed by atoms with Crippen molar-refractivity contribution in [3.63, 3.8) is 0 Å². The zero-order valence-corrected chi connectivity index (χ0v) is 9.31. The smallest absolute Gasteiger partial charge is 0.254 e. The largest absolute Gasteiger partial charge is 0.399 e. The van der Waals surface area contributed by atoms with E-state index in [0.29, 0.717) is 30.8 Å². The molecule has 4 heteroatoms. The number of carbonyl (C=O) groups excluding carboxylic acids is 1. The predicted molar refractivity (Wildman–Crippen MR) is 62.1 cm³/mol. The number of nitrogens with zero attached hydrogens (tertiary/aromatic N) is 1. The van der Waals surface area contributed by atoms with Crippen molar-refractivity contribution in [1.29, 1.82) is 0 Å². The van der Waals surface area contributed by atoms with Crippen molar-refractivity contribution in [3.8, 4) is 0 Å². The standard InChI is InChI=1S/C12H16N2O2/c1-8-2-3-9(13)6-11(8)12(16)14-5-4-10(15)7-14/h2-3,6,10,15H,4-5,7,13H2,1H3. The van der Waals surface area contributed by atoms with Gasteiger partial charge in [-0.1, -0.05) is 6.07 Å². The van der Waals surface area contributed by atoms with Gasteiger partial charge in [0.05, 0.1) is 6.10 Å². The van der Waals surface area contributed by atoms with Crippen LogP contribution in [0.1, 0.15) is 22.3 Å². The zero-order chi connectivity index (χ0) is 11.7. The number of nitrogens with two attached hydrogens (primary N) is 1. The molecule has 0 bridgehead atoms. The summed E-state index contributed by atoms with van der Waals surface area (Å²) >= 11 is 0. The van der Waals surface area contributed by atoms with Gasteiger partial charge in [0.1, 0.15) is 0 Å². The molecule has 4 nitrogen and oxygen atoms in total. The third kappa shape index (κ3) is 2.02. The van der Waals surface area contributed by atoms with Crippen LogP contribution >= 0.6 is 0 Å². The topological polar surface area (TPSA) is 66.6 Å². The first-order valence-electron chi connectivity index (χ1n) is 5.41. The normalized spacial score (nSPS) is 20.1. The van der Waals surface area contributed by atoms with Gasteiger partial charge in [-0.2, -0.15) is 0 Å². The Hall–Kier alpha value is -1.55. The summed E-state index contributed by atoms with van der Waals surface area (Å²) in [5, 5.41) is 9.40. The number of anilines is 1. The van der Waals surface area contributed by atoms with Gasteiger partial charge in [0.25, 0.3) is 5.91 Å². The van der Waals surface area contributed by atoms with E-state index in [1.807, 2.05) is 13.0 Å². The van der Waals surface area contributed by atoms with E-state index in [-0.39, 0.29) is 12.0 Å². The molecule has 1 aromatic rings. The van der Waals surface area contributed by atoms with Crippen molar-refractivity contribution < 1.29 is 9.90 Å². The summed E-state index contributed by atoms with van der Waals surface area (Å²) in [7, 11) is 0. The van der Waals surface area contributed by atoms with E-state index >= 15 is 0 Å². The average Bonchev–Trinajstić information content (AvgIpc) is 2.67. The Kier molecular flexibility index (Phi) is 2.83. The van der Waals surface area contributed by atoms with E-state index in [1.54, 1.807) is 17.0 Å². The number of aryl methyl sites for hydroxylation is 1. The Balaban J connectivity index is 2.23. The van der Waals surface area contributed by atoms with Crippen LogP contribution in [0, 0.1) is 6.92 Å². The molecule has 0 radical (unpaired) electrons. The van der Waals surface area contributed by atoms with Crippen molar-refractivity contribution in [2.75, 3.05) is 18.8 Å². The molecule has 16 heavy (non-hydrogen) atoms. The Morgan fingerprint density at radius 2 is 2.31 bits per heavy atom. The summed E-state index contributed by atoms with van der Waals surface area (Å²) < 4.78 is 0. The second-order valence-electron chi connectivity index (χ2n) is 4.27. The van der Waals surface area contributed by atoms with Crippen LogP contribution in [0.2, 0.25) is 0 Å². The molecule has 1 unspecified atom stereocenters. The molecule has 3 N–H and O–H groups in total. The van der Waals surface area contributed by atoms with E-state index in [2.05, 4.69) is 0 Å². The number of nitrogen functional groups attached to an aromatic ring is 1. The van der Waals surface area contributed by atoms with E-state index in [0.717, 1.165) is 5.56 Å². The van der Waals surface area contributed by atoms with Gasteiger partial charge in [-0.15, -0.1) is 0 Å². The highest BCUT2D eigenvalue weighted by Crippen LogP contribution is 2.18. The number of β-amino-alcohol motifs (C(OH)–C–C–N with tert-alkyl or cyclic N) is 1. The van der Waals surface area contributed by atoms with Crippen LogP contribution in [0.3, 0.4) is 0 Å². The Bertz CT molecular complexity index is 417. The number of hydrogen-bond acceptors (Lipinski definition) is 3. The molecule has 0 aliphatic carbocycles. The number of benzene rings is 1. The van der Waals surface area contributed by atoms with Gasteiger partial charge in [-0.3, -0.25) is 4.79 Å². The molecule has 1 amide bonds. The van der Waals surface area contributed by atoms with Crippen LogP contribution in [0.5, 0.6) is 0 Å². The molecule has 1 aromatic carbocycles. The number of likely N-dealkylation sites (tertiary alicyclic amines) is 1. The van der Waals surface area contributed by atoms with Crippen LogP contribution in [-0.2, 0) is 0 Å². The number of aliphatic hydroxyl groups is 1. The van der Waals surface area contributed by atoms with Gasteiger partial charge in [-0.05, 0) is 31.0 Å². The van der Waals surface area contributed by atoms with Gasteiger partial charge >= 0.3 is 0 Å². The summed E-state index contributed by atoms with van der Waals surface area (Å²) in [5.41, 5.74) is 7.81. The maximum Gasteiger partial charge on any atom is 0.254 e. The SMILES string of the molecule is Cc1ccc(N)cc1C(=O)N1CCC(O)C1. The molecular weight excluding hydrogens is 204 g/mol. The van der Waals surface area contributed by atoms with Crippen LogP contribution in [-0.4, -0.2) is 35.1 Å². The van der Waals surface area contributed by atoms with Gasteiger partial charge in [0, 0.05) is 24.3 Å². The fraction of sp³-hybridized carbons (Fsp3) is 0.417. The molecule has 1 aliphatic heterocycles. The van der Waals surface area contributed by atoms with Crippen LogP contribution < -0.4 is 5.73 Å². The molecule has 0 aromatic heterocycles. The third-order valence-electron chi connectivity index (χ3n) is 2.94. The van der Waals surface area contributed by atoms with Crippen molar-refractivity contribution in [2.45, 2.75) is 19.4 Å². The summed E-state index contributed by atoms with van der Waals surface area (Å²) in [5.74, 6) is -0.0404. The van der Waals surface area contributed by atoms with Crippen molar-refractivity contribution in [3.05, 3.63) is 29.3 Å². The molecule has 0 spiro atoms. The van der Waals surface area contributed by atoms with Crippen molar-refractivity contribution >= 4 is 11.6 Å². The minimum atomic E-state index is -0.384. The molecule has 0 saturated carbocycles. The lowest BCUT2D eigenvalue weighted by Gasteiger charge is -2.17. The summed E-state index contributed by atoms with van der Waals surface area (Å²) in [4.78, 5) is 13.8. The zero-order valence-electron chi connectivity index (χ0n) is 9.31. The summed E-state index contributed by atoms with van der Waals surface area (Å²) in [6.07, 6.45) is 0.276. The summed E-state index contributed by atoms with van der Waals surface area (Å²) in [6, 6.07) is 5.32. The Labute approximate surface area is 94.7 Å². The van der Waals surface area contributed by atoms with Gasteiger partial charge in [-0.25, -0.2) is 0 Å². The second kappa shape index (κ2) is 4.14. The first kappa shape index (κ1) is 11.0. The molecule has 1 saturated heterocycles. The first-order chi connectivity index (χ1) is 7.58. The molecule has 2 rings (SSSR count). The number of amides is 1. The molecule has 1 aliphatic rings. The predicted octanol–water partition coefficient (Wildman–Crippen LogP) is 0.784.